The van der Waals surface area contributed by atoms with E-state index < -0.39 is 34.1 Å². The third-order valence-corrected chi connectivity index (χ3v) is 6.58. The summed E-state index contributed by atoms with van der Waals surface area (Å²) in [4.78, 5) is 28.0. The first-order chi connectivity index (χ1) is 15.6. The maximum atomic E-state index is 13.6. The second kappa shape index (κ2) is 10.6. The molecule has 0 unspecified atom stereocenters. The molecule has 0 heterocycles. The van der Waals surface area contributed by atoms with Crippen LogP contribution in [-0.4, -0.2) is 49.5 Å². The minimum absolute atomic E-state index is 0.189. The third kappa shape index (κ3) is 7.58. The Morgan fingerprint density at radius 1 is 1.00 bits per heavy atom. The molecule has 7 nitrogen and oxygen atoms in total. The van der Waals surface area contributed by atoms with Gasteiger partial charge in [0.2, 0.25) is 21.8 Å². The van der Waals surface area contributed by atoms with Gasteiger partial charge in [0.15, 0.2) is 0 Å². The van der Waals surface area contributed by atoms with Crippen molar-refractivity contribution in [1.29, 1.82) is 0 Å². The number of benzene rings is 2. The fourth-order valence-electron chi connectivity index (χ4n) is 3.74. The Morgan fingerprint density at radius 2 is 1.56 bits per heavy atom. The van der Waals surface area contributed by atoms with E-state index in [4.69, 9.17) is 0 Å². The molecule has 186 valence electrons. The summed E-state index contributed by atoms with van der Waals surface area (Å²) in [6.07, 6.45) is 1.08. The molecule has 2 aromatic rings. The van der Waals surface area contributed by atoms with E-state index in [1.54, 1.807) is 19.1 Å². The van der Waals surface area contributed by atoms with E-state index in [2.05, 4.69) is 5.32 Å². The van der Waals surface area contributed by atoms with Crippen molar-refractivity contribution in [3.63, 3.8) is 0 Å². The number of hydrogen-bond acceptors (Lipinski definition) is 4. The van der Waals surface area contributed by atoms with Crippen LogP contribution in [0.3, 0.4) is 0 Å². The zero-order valence-corrected chi connectivity index (χ0v) is 22.3. The van der Waals surface area contributed by atoms with Gasteiger partial charge >= 0.3 is 0 Å². The fraction of sp³-hybridized carbons (Fsp3) is 0.462. The highest BCUT2D eigenvalue weighted by Gasteiger charge is 2.31. The molecule has 34 heavy (non-hydrogen) atoms. The van der Waals surface area contributed by atoms with Gasteiger partial charge in [-0.25, -0.2) is 8.42 Å². The molecule has 0 aliphatic rings. The van der Waals surface area contributed by atoms with E-state index in [9.17, 15) is 18.0 Å². The van der Waals surface area contributed by atoms with Gasteiger partial charge in [-0.1, -0.05) is 30.3 Å². The molecule has 2 aromatic carbocycles. The summed E-state index contributed by atoms with van der Waals surface area (Å²) < 4.78 is 26.5. The van der Waals surface area contributed by atoms with Crippen molar-refractivity contribution in [3.8, 4) is 0 Å². The van der Waals surface area contributed by atoms with Crippen LogP contribution in [0, 0.1) is 20.8 Å². The summed E-state index contributed by atoms with van der Waals surface area (Å²) in [6.45, 7) is 12.8. The van der Waals surface area contributed by atoms with E-state index in [0.29, 0.717) is 5.69 Å². The predicted octanol–water partition coefficient (Wildman–Crippen LogP) is 3.71. The lowest BCUT2D eigenvalue weighted by Crippen LogP contribution is -2.54. The number of rotatable bonds is 8. The van der Waals surface area contributed by atoms with Crippen LogP contribution < -0.4 is 9.62 Å². The number of nitrogens with one attached hydrogen (secondary N) is 1. The average Bonchev–Trinajstić information content (AvgIpc) is 2.67. The summed E-state index contributed by atoms with van der Waals surface area (Å²) >= 11 is 0. The van der Waals surface area contributed by atoms with Crippen molar-refractivity contribution in [2.45, 2.75) is 66.6 Å². The largest absolute Gasteiger partial charge is 0.350 e. The number of carbonyl (C=O) groups excluding carboxylic acids is 2. The van der Waals surface area contributed by atoms with Crippen LogP contribution in [0.1, 0.15) is 49.9 Å². The highest BCUT2D eigenvalue weighted by molar-refractivity contribution is 7.92. The maximum absolute atomic E-state index is 13.6. The van der Waals surface area contributed by atoms with Gasteiger partial charge in [-0.15, -0.1) is 0 Å². The second-order valence-electron chi connectivity index (χ2n) is 9.98. The third-order valence-electron chi connectivity index (χ3n) is 5.44. The van der Waals surface area contributed by atoms with Gasteiger partial charge in [0.1, 0.15) is 12.6 Å². The molecule has 0 bridgehead atoms. The van der Waals surface area contributed by atoms with Crippen LogP contribution in [0.2, 0.25) is 0 Å². The van der Waals surface area contributed by atoms with Crippen molar-refractivity contribution in [2.75, 3.05) is 17.1 Å². The minimum Gasteiger partial charge on any atom is -0.350 e. The molecule has 0 fully saturated rings. The van der Waals surface area contributed by atoms with Gasteiger partial charge in [-0.05, 0) is 82.9 Å². The number of amides is 2. The van der Waals surface area contributed by atoms with Crippen LogP contribution in [0.15, 0.2) is 42.5 Å². The number of sulfonamides is 1. The molecular weight excluding hydrogens is 450 g/mol. The predicted molar refractivity (Wildman–Crippen MR) is 137 cm³/mol. The van der Waals surface area contributed by atoms with Crippen LogP contribution >= 0.6 is 0 Å². The summed E-state index contributed by atoms with van der Waals surface area (Å²) in [5.74, 6) is -0.754. The monoisotopic (exact) mass is 487 g/mol. The lowest BCUT2D eigenvalue weighted by molar-refractivity contribution is -0.140. The molecule has 1 N–H and O–H groups in total. The summed E-state index contributed by atoms with van der Waals surface area (Å²) in [6, 6.07) is 12.3. The molecule has 0 spiro atoms. The first kappa shape index (κ1) is 27.4. The highest BCUT2D eigenvalue weighted by Crippen LogP contribution is 2.22. The molecular formula is C26H37N3O4S. The molecule has 2 amide bonds. The van der Waals surface area contributed by atoms with E-state index in [1.807, 2.05) is 71.9 Å². The SMILES string of the molecule is Cc1cc(C)cc(N(CC(=O)N(Cc2ccccc2C)[C@@H](C)C(=O)NC(C)(C)C)S(C)(=O)=O)c1. The second-order valence-corrected chi connectivity index (χ2v) is 11.9. The molecule has 1 atom stereocenters. The van der Waals surface area contributed by atoms with Crippen molar-refractivity contribution in [3.05, 3.63) is 64.7 Å². The Balaban J connectivity index is 2.45. The van der Waals surface area contributed by atoms with Crippen molar-refractivity contribution in [1.82, 2.24) is 10.2 Å². The Hall–Kier alpha value is -2.87. The molecule has 0 aromatic heterocycles. The van der Waals surface area contributed by atoms with Crippen molar-refractivity contribution >= 4 is 27.5 Å². The molecule has 2 rings (SSSR count). The number of nitrogens with zero attached hydrogens (tertiary/aromatic N) is 2. The molecule has 0 aliphatic carbocycles. The van der Waals surface area contributed by atoms with Gasteiger partial charge in [0, 0.05) is 12.1 Å². The smallest absolute Gasteiger partial charge is 0.244 e. The van der Waals surface area contributed by atoms with E-state index >= 15 is 0 Å². The summed E-state index contributed by atoms with van der Waals surface area (Å²) in [5, 5.41) is 2.92. The van der Waals surface area contributed by atoms with Gasteiger partial charge in [0.25, 0.3) is 0 Å². The Morgan fingerprint density at radius 3 is 2.06 bits per heavy atom. The maximum Gasteiger partial charge on any atom is 0.244 e. The van der Waals surface area contributed by atoms with Gasteiger partial charge in [-0.3, -0.25) is 13.9 Å². The van der Waals surface area contributed by atoms with E-state index in [1.165, 1.54) is 4.90 Å². The highest BCUT2D eigenvalue weighted by atomic mass is 32.2. The Labute approximate surface area is 204 Å². The van der Waals surface area contributed by atoms with Crippen LogP contribution in [0.25, 0.3) is 0 Å². The van der Waals surface area contributed by atoms with Crippen LogP contribution in [0.4, 0.5) is 5.69 Å². The normalized spacial score (nSPS) is 12.7. The summed E-state index contributed by atoms with van der Waals surface area (Å²) in [5.41, 5.74) is 3.62. The topological polar surface area (TPSA) is 86.8 Å². The number of anilines is 1. The van der Waals surface area contributed by atoms with Crippen molar-refractivity contribution in [2.24, 2.45) is 0 Å². The van der Waals surface area contributed by atoms with E-state index in [-0.39, 0.29) is 12.5 Å². The first-order valence-corrected chi connectivity index (χ1v) is 13.2. The molecule has 0 aliphatic heterocycles. The van der Waals surface area contributed by atoms with Crippen LogP contribution in [-0.2, 0) is 26.2 Å². The number of hydrogen-bond donors (Lipinski definition) is 1. The number of aryl methyl sites for hydroxylation is 3. The van der Waals surface area contributed by atoms with Crippen LogP contribution in [0.5, 0.6) is 0 Å². The van der Waals surface area contributed by atoms with Gasteiger partial charge in [0.05, 0.1) is 11.9 Å². The zero-order chi connectivity index (χ0) is 25.8. The molecule has 0 radical (unpaired) electrons. The lowest BCUT2D eigenvalue weighted by atomic mass is 10.1. The van der Waals surface area contributed by atoms with Crippen molar-refractivity contribution < 1.29 is 18.0 Å². The van der Waals surface area contributed by atoms with Gasteiger partial charge < -0.3 is 10.2 Å². The Kier molecular flexibility index (Phi) is 8.53. The lowest BCUT2D eigenvalue weighted by Gasteiger charge is -2.33. The summed E-state index contributed by atoms with van der Waals surface area (Å²) in [7, 11) is -3.75. The standard InChI is InChI=1S/C26H37N3O4S/c1-18-13-19(2)15-23(14-18)29(34(8,32)33)17-24(30)28(16-22-12-10-9-11-20(22)3)21(4)25(31)27-26(5,6)7/h9-15,21H,16-17H2,1-8H3,(H,27,31)/t21-/m0/s1. The quantitative estimate of drug-likeness (QED) is 0.615. The van der Waals surface area contributed by atoms with E-state index in [0.717, 1.165) is 32.8 Å². The molecule has 0 saturated carbocycles. The first-order valence-electron chi connectivity index (χ1n) is 11.3. The average molecular weight is 488 g/mol. The molecule has 0 saturated heterocycles. The van der Waals surface area contributed by atoms with Gasteiger partial charge in [-0.2, -0.15) is 0 Å². The fourth-order valence-corrected chi connectivity index (χ4v) is 4.57. The minimum atomic E-state index is -3.75. The molecule has 8 heteroatoms. The zero-order valence-electron chi connectivity index (χ0n) is 21.5. The Bertz CT molecular complexity index is 1130. The number of carbonyl (C=O) groups is 2.